The zero-order chi connectivity index (χ0) is 18.6. The summed E-state index contributed by atoms with van der Waals surface area (Å²) in [5.74, 6) is -0.198. The number of aromatic nitrogens is 4. The Morgan fingerprint density at radius 2 is 2.15 bits per heavy atom. The second-order valence-electron chi connectivity index (χ2n) is 6.04. The van der Waals surface area contributed by atoms with Gasteiger partial charge in [0.05, 0.1) is 18.8 Å². The minimum Gasteiger partial charge on any atom is -0.390 e. The van der Waals surface area contributed by atoms with E-state index in [1.54, 1.807) is 29.9 Å². The van der Waals surface area contributed by atoms with E-state index in [4.69, 9.17) is 5.11 Å². The van der Waals surface area contributed by atoms with Gasteiger partial charge in [-0.1, -0.05) is 29.5 Å². The Kier molecular flexibility index (Phi) is 4.91. The van der Waals surface area contributed by atoms with E-state index in [0.717, 1.165) is 15.8 Å². The SMILES string of the molecule is O=C(Cn1cc(CO)nn1)NC(c1cccnc1)c1cc2ccccc2s1. The quantitative estimate of drug-likeness (QED) is 0.536. The molecule has 0 fully saturated rings. The van der Waals surface area contributed by atoms with Gasteiger partial charge in [-0.2, -0.15) is 0 Å². The molecule has 2 N–H and O–H groups in total. The number of hydrogen-bond donors (Lipinski definition) is 2. The summed E-state index contributed by atoms with van der Waals surface area (Å²) in [4.78, 5) is 17.8. The van der Waals surface area contributed by atoms with E-state index in [1.807, 2.05) is 24.3 Å². The normalized spacial score (nSPS) is 12.2. The second kappa shape index (κ2) is 7.65. The molecule has 1 amide bonds. The number of aliphatic hydroxyl groups is 1. The number of pyridine rings is 1. The lowest BCUT2D eigenvalue weighted by molar-refractivity contribution is -0.122. The van der Waals surface area contributed by atoms with Gasteiger partial charge in [0.15, 0.2) is 0 Å². The number of thiophene rings is 1. The molecule has 3 heterocycles. The van der Waals surface area contributed by atoms with E-state index >= 15 is 0 Å². The third kappa shape index (κ3) is 3.86. The van der Waals surface area contributed by atoms with Gasteiger partial charge in [0.1, 0.15) is 12.2 Å². The molecule has 1 unspecified atom stereocenters. The Morgan fingerprint density at radius 3 is 2.89 bits per heavy atom. The highest BCUT2D eigenvalue weighted by molar-refractivity contribution is 7.19. The van der Waals surface area contributed by atoms with Crippen molar-refractivity contribution in [2.75, 3.05) is 0 Å². The average molecular weight is 379 g/mol. The maximum atomic E-state index is 12.6. The lowest BCUT2D eigenvalue weighted by Gasteiger charge is -2.17. The van der Waals surface area contributed by atoms with E-state index in [2.05, 4.69) is 38.8 Å². The first-order chi connectivity index (χ1) is 13.2. The summed E-state index contributed by atoms with van der Waals surface area (Å²) < 4.78 is 2.58. The Bertz CT molecular complexity index is 1030. The third-order valence-corrected chi connectivity index (χ3v) is 5.29. The van der Waals surface area contributed by atoms with Crippen LogP contribution in [-0.4, -0.2) is 31.0 Å². The fourth-order valence-corrected chi connectivity index (χ4v) is 4.00. The first-order valence-corrected chi connectivity index (χ1v) is 9.22. The number of nitrogens with zero attached hydrogens (tertiary/aromatic N) is 4. The van der Waals surface area contributed by atoms with E-state index in [9.17, 15) is 4.79 Å². The Balaban J connectivity index is 1.61. The fraction of sp³-hybridized carbons (Fsp3) is 0.158. The van der Waals surface area contributed by atoms with Crippen LogP contribution in [0.5, 0.6) is 0 Å². The summed E-state index contributed by atoms with van der Waals surface area (Å²) in [6.45, 7) is -0.184. The number of amides is 1. The predicted octanol–water partition coefficient (Wildman–Crippen LogP) is 2.29. The van der Waals surface area contributed by atoms with Gasteiger partial charge in [0, 0.05) is 22.0 Å². The highest BCUT2D eigenvalue weighted by Gasteiger charge is 2.20. The minimum atomic E-state index is -0.301. The van der Waals surface area contributed by atoms with Crippen molar-refractivity contribution in [3.8, 4) is 0 Å². The smallest absolute Gasteiger partial charge is 0.242 e. The van der Waals surface area contributed by atoms with E-state index in [1.165, 1.54) is 9.38 Å². The zero-order valence-electron chi connectivity index (χ0n) is 14.3. The molecular formula is C19H17N5O2S. The van der Waals surface area contributed by atoms with Gasteiger partial charge in [-0.15, -0.1) is 16.4 Å². The van der Waals surface area contributed by atoms with Crippen molar-refractivity contribution in [1.82, 2.24) is 25.3 Å². The van der Waals surface area contributed by atoms with Crippen molar-refractivity contribution in [3.05, 3.63) is 77.2 Å². The molecule has 0 aliphatic rings. The Labute approximate surface area is 159 Å². The molecule has 0 saturated heterocycles. The maximum absolute atomic E-state index is 12.6. The maximum Gasteiger partial charge on any atom is 0.242 e. The third-order valence-electron chi connectivity index (χ3n) is 4.11. The van der Waals surface area contributed by atoms with E-state index < -0.39 is 0 Å². The highest BCUT2D eigenvalue weighted by Crippen LogP contribution is 2.32. The summed E-state index contributed by atoms with van der Waals surface area (Å²) in [7, 11) is 0. The number of rotatable bonds is 6. The fourth-order valence-electron chi connectivity index (χ4n) is 2.85. The van der Waals surface area contributed by atoms with Gasteiger partial charge < -0.3 is 10.4 Å². The van der Waals surface area contributed by atoms with Crippen LogP contribution >= 0.6 is 11.3 Å². The number of carbonyl (C=O) groups is 1. The molecule has 136 valence electrons. The molecule has 0 saturated carbocycles. The van der Waals surface area contributed by atoms with Gasteiger partial charge in [-0.05, 0) is 29.1 Å². The number of hydrogen-bond acceptors (Lipinski definition) is 6. The highest BCUT2D eigenvalue weighted by atomic mass is 32.1. The van der Waals surface area contributed by atoms with Gasteiger partial charge >= 0.3 is 0 Å². The first kappa shape index (κ1) is 17.3. The Hall–Kier alpha value is -3.10. The summed E-state index contributed by atoms with van der Waals surface area (Å²) in [5.41, 5.74) is 1.34. The predicted molar refractivity (Wildman–Crippen MR) is 102 cm³/mol. The zero-order valence-corrected chi connectivity index (χ0v) is 15.1. The number of carbonyl (C=O) groups excluding carboxylic acids is 1. The Morgan fingerprint density at radius 1 is 1.26 bits per heavy atom. The molecule has 0 aliphatic heterocycles. The van der Waals surface area contributed by atoms with Crippen LogP contribution in [0.4, 0.5) is 0 Å². The van der Waals surface area contributed by atoms with Crippen molar-refractivity contribution >= 4 is 27.3 Å². The molecule has 3 aromatic heterocycles. The van der Waals surface area contributed by atoms with Crippen LogP contribution in [0.2, 0.25) is 0 Å². The number of nitrogens with one attached hydrogen (secondary N) is 1. The van der Waals surface area contributed by atoms with Gasteiger partial charge in [0.25, 0.3) is 0 Å². The molecule has 0 bridgehead atoms. The monoisotopic (exact) mass is 379 g/mol. The molecule has 4 rings (SSSR count). The molecule has 4 aromatic rings. The molecule has 27 heavy (non-hydrogen) atoms. The summed E-state index contributed by atoms with van der Waals surface area (Å²) >= 11 is 1.65. The summed E-state index contributed by atoms with van der Waals surface area (Å²) in [6, 6.07) is 13.7. The standard InChI is InChI=1S/C19H17N5O2S/c25-12-15-10-24(23-22-15)11-18(26)21-19(14-5-3-7-20-9-14)17-8-13-4-1-2-6-16(13)27-17/h1-10,19,25H,11-12H2,(H,21,26). The van der Waals surface area contributed by atoms with Crippen molar-refractivity contribution < 1.29 is 9.90 Å². The largest absolute Gasteiger partial charge is 0.390 e. The van der Waals surface area contributed by atoms with Crippen LogP contribution in [0.1, 0.15) is 22.2 Å². The molecule has 0 aliphatic carbocycles. The van der Waals surface area contributed by atoms with Crippen molar-refractivity contribution in [2.45, 2.75) is 19.2 Å². The lowest BCUT2D eigenvalue weighted by atomic mass is 10.1. The van der Waals surface area contributed by atoms with Gasteiger partial charge in [-0.3, -0.25) is 9.78 Å². The molecule has 0 radical (unpaired) electrons. The first-order valence-electron chi connectivity index (χ1n) is 8.40. The molecule has 7 nitrogen and oxygen atoms in total. The van der Waals surface area contributed by atoms with Crippen molar-refractivity contribution in [1.29, 1.82) is 0 Å². The molecule has 8 heteroatoms. The minimum absolute atomic E-state index is 0.0225. The molecule has 0 spiro atoms. The number of aliphatic hydroxyl groups excluding tert-OH is 1. The van der Waals surface area contributed by atoms with Crippen molar-refractivity contribution in [3.63, 3.8) is 0 Å². The number of benzene rings is 1. The van der Waals surface area contributed by atoms with Crippen LogP contribution in [0.25, 0.3) is 10.1 Å². The summed E-state index contributed by atoms with van der Waals surface area (Å²) in [5, 5.41) is 20.9. The second-order valence-corrected chi connectivity index (χ2v) is 7.15. The average Bonchev–Trinajstić information content (AvgIpc) is 3.33. The van der Waals surface area contributed by atoms with Gasteiger partial charge in [-0.25, -0.2) is 4.68 Å². The summed E-state index contributed by atoms with van der Waals surface area (Å²) in [6.07, 6.45) is 5.02. The van der Waals surface area contributed by atoms with Crippen LogP contribution in [-0.2, 0) is 17.9 Å². The van der Waals surface area contributed by atoms with Crippen molar-refractivity contribution in [2.24, 2.45) is 0 Å². The van der Waals surface area contributed by atoms with Crippen LogP contribution in [0.3, 0.4) is 0 Å². The van der Waals surface area contributed by atoms with Gasteiger partial charge in [0.2, 0.25) is 5.91 Å². The number of fused-ring (bicyclic) bond motifs is 1. The molecule has 1 atom stereocenters. The van der Waals surface area contributed by atoms with Crippen LogP contribution in [0.15, 0.2) is 61.1 Å². The van der Waals surface area contributed by atoms with E-state index in [-0.39, 0.29) is 25.1 Å². The lowest BCUT2D eigenvalue weighted by Crippen LogP contribution is -2.32. The molecular weight excluding hydrogens is 362 g/mol. The topological polar surface area (TPSA) is 92.9 Å². The van der Waals surface area contributed by atoms with E-state index in [0.29, 0.717) is 5.69 Å². The van der Waals surface area contributed by atoms with Crippen LogP contribution < -0.4 is 5.32 Å². The van der Waals surface area contributed by atoms with Crippen LogP contribution in [0, 0.1) is 0 Å². The molecule has 1 aromatic carbocycles.